The van der Waals surface area contributed by atoms with Crippen molar-refractivity contribution in [1.29, 1.82) is 0 Å². The lowest BCUT2D eigenvalue weighted by Crippen LogP contribution is -2.38. The lowest BCUT2D eigenvalue weighted by Gasteiger charge is -2.14. The molecule has 0 amide bonds. The highest BCUT2D eigenvalue weighted by Crippen LogP contribution is 2.13. The normalized spacial score (nSPS) is 12.6. The fourth-order valence-corrected chi connectivity index (χ4v) is 2.38. The maximum Gasteiger partial charge on any atom is 0.126 e. The average Bonchev–Trinajstić information content (AvgIpc) is 2.84. The van der Waals surface area contributed by atoms with E-state index < -0.39 is 0 Å². The van der Waals surface area contributed by atoms with Crippen molar-refractivity contribution in [2.24, 2.45) is 5.84 Å². The molecule has 17 heavy (non-hydrogen) atoms. The van der Waals surface area contributed by atoms with E-state index >= 15 is 0 Å². The van der Waals surface area contributed by atoms with Gasteiger partial charge in [0.05, 0.1) is 5.01 Å². The molecular formula is C12H14FN3S. The van der Waals surface area contributed by atoms with Gasteiger partial charge in [-0.2, -0.15) is 0 Å². The molecule has 1 atom stereocenters. The summed E-state index contributed by atoms with van der Waals surface area (Å²) < 4.78 is 13.5. The third-order valence-corrected chi connectivity index (χ3v) is 3.37. The summed E-state index contributed by atoms with van der Waals surface area (Å²) in [6.07, 6.45) is 3.03. The first kappa shape index (κ1) is 12.2. The Hall–Kier alpha value is -1.30. The van der Waals surface area contributed by atoms with E-state index in [2.05, 4.69) is 10.4 Å². The summed E-state index contributed by atoms with van der Waals surface area (Å²) in [5, 5.41) is 2.93. The van der Waals surface area contributed by atoms with E-state index in [1.807, 2.05) is 11.4 Å². The van der Waals surface area contributed by atoms with Crippen molar-refractivity contribution < 1.29 is 4.39 Å². The van der Waals surface area contributed by atoms with Gasteiger partial charge in [-0.05, 0) is 18.1 Å². The monoisotopic (exact) mass is 251 g/mol. The Labute approximate surface area is 103 Å². The van der Waals surface area contributed by atoms with Crippen LogP contribution in [0.25, 0.3) is 0 Å². The van der Waals surface area contributed by atoms with Crippen molar-refractivity contribution in [1.82, 2.24) is 10.4 Å². The number of hydrogen-bond donors (Lipinski definition) is 2. The first-order valence-corrected chi connectivity index (χ1v) is 6.25. The minimum Gasteiger partial charge on any atom is -0.271 e. The predicted molar refractivity (Wildman–Crippen MR) is 67.0 cm³/mol. The fourth-order valence-electron chi connectivity index (χ4n) is 1.68. The standard InChI is InChI=1S/C12H14FN3S/c13-11-4-2-1-3-9(11)7-10(16-14)8-12-15-5-6-17-12/h1-6,10,16H,7-8,14H2. The average molecular weight is 251 g/mol. The fraction of sp³-hybridized carbons (Fsp3) is 0.250. The van der Waals surface area contributed by atoms with Gasteiger partial charge in [0.1, 0.15) is 5.82 Å². The maximum absolute atomic E-state index is 13.5. The summed E-state index contributed by atoms with van der Waals surface area (Å²) in [7, 11) is 0. The van der Waals surface area contributed by atoms with Crippen LogP contribution in [0.15, 0.2) is 35.8 Å². The van der Waals surface area contributed by atoms with E-state index in [4.69, 9.17) is 5.84 Å². The summed E-state index contributed by atoms with van der Waals surface area (Å²) in [6.45, 7) is 0. The lowest BCUT2D eigenvalue weighted by molar-refractivity contribution is 0.505. The largest absolute Gasteiger partial charge is 0.271 e. The van der Waals surface area contributed by atoms with Crippen LogP contribution in [-0.2, 0) is 12.8 Å². The Morgan fingerprint density at radius 2 is 2.18 bits per heavy atom. The van der Waals surface area contributed by atoms with E-state index in [9.17, 15) is 4.39 Å². The van der Waals surface area contributed by atoms with Gasteiger partial charge in [-0.1, -0.05) is 18.2 Å². The summed E-state index contributed by atoms with van der Waals surface area (Å²) in [6, 6.07) is 6.76. The van der Waals surface area contributed by atoms with Crippen LogP contribution >= 0.6 is 11.3 Å². The molecule has 3 nitrogen and oxygen atoms in total. The van der Waals surface area contributed by atoms with Gasteiger partial charge in [-0.25, -0.2) is 9.37 Å². The number of rotatable bonds is 5. The molecule has 1 aromatic heterocycles. The molecular weight excluding hydrogens is 237 g/mol. The molecule has 0 bridgehead atoms. The van der Waals surface area contributed by atoms with Gasteiger partial charge in [0, 0.05) is 24.0 Å². The Morgan fingerprint density at radius 1 is 1.35 bits per heavy atom. The van der Waals surface area contributed by atoms with Crippen LogP contribution in [0.4, 0.5) is 4.39 Å². The molecule has 0 saturated heterocycles. The second-order valence-corrected chi connectivity index (χ2v) is 4.77. The summed E-state index contributed by atoms with van der Waals surface area (Å²) >= 11 is 1.58. The molecule has 1 heterocycles. The summed E-state index contributed by atoms with van der Waals surface area (Å²) in [4.78, 5) is 4.20. The van der Waals surface area contributed by atoms with E-state index in [0.717, 1.165) is 5.01 Å². The molecule has 0 radical (unpaired) electrons. The number of hydrogen-bond acceptors (Lipinski definition) is 4. The van der Waals surface area contributed by atoms with Crippen molar-refractivity contribution in [3.8, 4) is 0 Å². The van der Waals surface area contributed by atoms with Crippen LogP contribution < -0.4 is 11.3 Å². The Bertz CT molecular complexity index is 459. The minimum absolute atomic E-state index is 0.00181. The van der Waals surface area contributed by atoms with Crippen molar-refractivity contribution >= 4 is 11.3 Å². The van der Waals surface area contributed by atoms with Crippen molar-refractivity contribution in [2.75, 3.05) is 0 Å². The van der Waals surface area contributed by atoms with Crippen LogP contribution in [0.5, 0.6) is 0 Å². The highest BCUT2D eigenvalue weighted by Gasteiger charge is 2.12. The first-order chi connectivity index (χ1) is 8.29. The van der Waals surface area contributed by atoms with Crippen LogP contribution in [0.1, 0.15) is 10.6 Å². The molecule has 0 spiro atoms. The highest BCUT2D eigenvalue weighted by atomic mass is 32.1. The third kappa shape index (κ3) is 3.33. The van der Waals surface area contributed by atoms with E-state index in [-0.39, 0.29) is 11.9 Å². The molecule has 0 aliphatic rings. The number of nitrogens with two attached hydrogens (primary N) is 1. The minimum atomic E-state index is -0.188. The first-order valence-electron chi connectivity index (χ1n) is 5.37. The molecule has 2 rings (SSSR count). The van der Waals surface area contributed by atoms with Crippen LogP contribution in [0, 0.1) is 5.82 Å². The molecule has 2 aromatic rings. The van der Waals surface area contributed by atoms with Crippen LogP contribution in [-0.4, -0.2) is 11.0 Å². The molecule has 1 unspecified atom stereocenters. The van der Waals surface area contributed by atoms with E-state index in [1.54, 1.807) is 29.7 Å². The Kier molecular flexibility index (Phi) is 4.19. The molecule has 1 aromatic carbocycles. The molecule has 90 valence electrons. The second kappa shape index (κ2) is 5.86. The summed E-state index contributed by atoms with van der Waals surface area (Å²) in [5.41, 5.74) is 3.39. The van der Waals surface area contributed by atoms with Gasteiger partial charge < -0.3 is 0 Å². The van der Waals surface area contributed by atoms with E-state index in [0.29, 0.717) is 18.4 Å². The van der Waals surface area contributed by atoms with Crippen LogP contribution in [0.3, 0.4) is 0 Å². The zero-order valence-corrected chi connectivity index (χ0v) is 10.1. The van der Waals surface area contributed by atoms with Crippen LogP contribution in [0.2, 0.25) is 0 Å². The Morgan fingerprint density at radius 3 is 2.82 bits per heavy atom. The molecule has 0 fully saturated rings. The van der Waals surface area contributed by atoms with Gasteiger partial charge in [0.2, 0.25) is 0 Å². The number of aromatic nitrogens is 1. The molecule has 3 N–H and O–H groups in total. The van der Waals surface area contributed by atoms with Crippen molar-refractivity contribution in [3.63, 3.8) is 0 Å². The summed E-state index contributed by atoms with van der Waals surface area (Å²) in [5.74, 6) is 5.30. The highest BCUT2D eigenvalue weighted by molar-refractivity contribution is 7.09. The van der Waals surface area contributed by atoms with Gasteiger partial charge in [-0.3, -0.25) is 11.3 Å². The molecule has 0 aliphatic heterocycles. The SMILES string of the molecule is NNC(Cc1nccs1)Cc1ccccc1F. The number of thiazole rings is 1. The number of hydrazine groups is 1. The van der Waals surface area contributed by atoms with E-state index in [1.165, 1.54) is 6.07 Å². The van der Waals surface area contributed by atoms with Gasteiger partial charge >= 0.3 is 0 Å². The Balaban J connectivity index is 2.03. The topological polar surface area (TPSA) is 50.9 Å². The zero-order valence-electron chi connectivity index (χ0n) is 9.27. The van der Waals surface area contributed by atoms with Gasteiger partial charge in [-0.15, -0.1) is 11.3 Å². The predicted octanol–water partition coefficient (Wildman–Crippen LogP) is 1.90. The van der Waals surface area contributed by atoms with Crippen molar-refractivity contribution in [3.05, 3.63) is 52.2 Å². The number of halogens is 1. The third-order valence-electron chi connectivity index (χ3n) is 2.56. The lowest BCUT2D eigenvalue weighted by atomic mass is 10.0. The van der Waals surface area contributed by atoms with Gasteiger partial charge in [0.25, 0.3) is 0 Å². The van der Waals surface area contributed by atoms with Crippen molar-refractivity contribution in [2.45, 2.75) is 18.9 Å². The zero-order chi connectivity index (χ0) is 12.1. The second-order valence-electron chi connectivity index (χ2n) is 3.79. The maximum atomic E-state index is 13.5. The smallest absolute Gasteiger partial charge is 0.126 e. The molecule has 0 aliphatic carbocycles. The molecule has 0 saturated carbocycles. The molecule has 5 heteroatoms. The number of nitrogens with zero attached hydrogens (tertiary/aromatic N) is 1. The number of benzene rings is 1. The number of nitrogens with one attached hydrogen (secondary N) is 1. The quantitative estimate of drug-likeness (QED) is 0.630. The van der Waals surface area contributed by atoms with Gasteiger partial charge in [0.15, 0.2) is 0 Å².